The molecular weight excluding hydrogens is 222 g/mol. The number of hydrogen-bond donors (Lipinski definition) is 2. The highest BCUT2D eigenvalue weighted by atomic mass is 32.2. The molecule has 88 valence electrons. The average molecular weight is 239 g/mol. The van der Waals surface area contributed by atoms with Crippen molar-refractivity contribution in [2.45, 2.75) is 31.3 Å². The fourth-order valence-electron chi connectivity index (χ4n) is 1.08. The van der Waals surface area contributed by atoms with Crippen molar-refractivity contribution in [2.24, 2.45) is 0 Å². The number of nitrogens with two attached hydrogens (primary N) is 1. The summed E-state index contributed by atoms with van der Waals surface area (Å²) in [5, 5.41) is 3.60. The van der Waals surface area contributed by atoms with Crippen molar-refractivity contribution >= 4 is 23.4 Å². The maximum absolute atomic E-state index is 11.5. The summed E-state index contributed by atoms with van der Waals surface area (Å²) >= 11 is 1.36. The third kappa shape index (κ3) is 4.10. The van der Waals surface area contributed by atoms with Crippen molar-refractivity contribution in [3.8, 4) is 0 Å². The lowest BCUT2D eigenvalue weighted by Gasteiger charge is -2.11. The molecule has 0 spiro atoms. The zero-order valence-corrected chi connectivity index (χ0v) is 10.4. The van der Waals surface area contributed by atoms with Gasteiger partial charge in [0.2, 0.25) is 5.91 Å². The Morgan fingerprint density at radius 1 is 1.69 bits per heavy atom. The van der Waals surface area contributed by atoms with Crippen molar-refractivity contribution in [1.82, 2.24) is 10.3 Å². The second kappa shape index (κ2) is 6.37. The Morgan fingerprint density at radius 2 is 2.44 bits per heavy atom. The monoisotopic (exact) mass is 239 g/mol. The molecule has 1 atom stereocenters. The minimum atomic E-state index is 0.0180. The Bertz CT molecular complexity index is 357. The van der Waals surface area contributed by atoms with E-state index in [1.165, 1.54) is 11.8 Å². The zero-order chi connectivity index (χ0) is 12.0. The van der Waals surface area contributed by atoms with Gasteiger partial charge >= 0.3 is 0 Å². The standard InChI is InChI=1S/C11H17N3OS/c1-3-8(2)14-10(15)7-16-11-9(12)5-4-6-13-11/h4-6,8H,3,7,12H2,1-2H3,(H,14,15). The minimum absolute atomic E-state index is 0.0180. The predicted molar refractivity (Wildman–Crippen MR) is 67.3 cm³/mol. The number of rotatable bonds is 5. The first kappa shape index (κ1) is 12.8. The van der Waals surface area contributed by atoms with Crippen molar-refractivity contribution in [1.29, 1.82) is 0 Å². The summed E-state index contributed by atoms with van der Waals surface area (Å²) in [5.41, 5.74) is 6.33. The maximum atomic E-state index is 11.5. The summed E-state index contributed by atoms with van der Waals surface area (Å²) in [5.74, 6) is 0.371. The highest BCUT2D eigenvalue weighted by molar-refractivity contribution is 8.00. The van der Waals surface area contributed by atoms with E-state index >= 15 is 0 Å². The molecular formula is C11H17N3OS. The molecule has 0 aliphatic carbocycles. The molecule has 5 heteroatoms. The van der Waals surface area contributed by atoms with Crippen LogP contribution in [0.3, 0.4) is 0 Å². The number of nitrogens with zero attached hydrogens (tertiary/aromatic N) is 1. The molecule has 0 fully saturated rings. The van der Waals surface area contributed by atoms with E-state index in [2.05, 4.69) is 10.3 Å². The largest absolute Gasteiger partial charge is 0.397 e. The molecule has 16 heavy (non-hydrogen) atoms. The number of nitrogens with one attached hydrogen (secondary N) is 1. The molecule has 4 nitrogen and oxygen atoms in total. The van der Waals surface area contributed by atoms with Crippen LogP contribution in [0.15, 0.2) is 23.4 Å². The third-order valence-corrected chi connectivity index (χ3v) is 3.18. The molecule has 0 saturated carbocycles. The van der Waals surface area contributed by atoms with Gasteiger partial charge in [-0.05, 0) is 25.5 Å². The lowest BCUT2D eigenvalue weighted by Crippen LogP contribution is -2.33. The lowest BCUT2D eigenvalue weighted by atomic mass is 10.3. The first-order chi connectivity index (χ1) is 7.63. The number of carbonyl (C=O) groups excluding carboxylic acids is 1. The summed E-state index contributed by atoms with van der Waals surface area (Å²) in [7, 11) is 0. The Kier molecular flexibility index (Phi) is 5.11. The molecule has 3 N–H and O–H groups in total. The Morgan fingerprint density at radius 3 is 3.06 bits per heavy atom. The lowest BCUT2D eigenvalue weighted by molar-refractivity contribution is -0.119. The molecule has 1 unspecified atom stereocenters. The summed E-state index contributed by atoms with van der Waals surface area (Å²) in [6.07, 6.45) is 2.60. The number of carbonyl (C=O) groups is 1. The first-order valence-corrected chi connectivity index (χ1v) is 6.24. The highest BCUT2D eigenvalue weighted by Gasteiger charge is 2.07. The van der Waals surface area contributed by atoms with Gasteiger partial charge in [0.1, 0.15) is 5.03 Å². The van der Waals surface area contributed by atoms with E-state index in [0.29, 0.717) is 16.5 Å². The van der Waals surface area contributed by atoms with Crippen LogP contribution < -0.4 is 11.1 Å². The van der Waals surface area contributed by atoms with Gasteiger partial charge in [-0.2, -0.15) is 0 Å². The number of amides is 1. The number of nitrogen functional groups attached to an aromatic ring is 1. The Balaban J connectivity index is 2.40. The number of anilines is 1. The van der Waals surface area contributed by atoms with Gasteiger partial charge in [-0.3, -0.25) is 4.79 Å². The van der Waals surface area contributed by atoms with Gasteiger partial charge in [0, 0.05) is 12.2 Å². The van der Waals surface area contributed by atoms with Crippen molar-refractivity contribution in [3.05, 3.63) is 18.3 Å². The quantitative estimate of drug-likeness (QED) is 0.767. The van der Waals surface area contributed by atoms with Gasteiger partial charge < -0.3 is 11.1 Å². The van der Waals surface area contributed by atoms with Gasteiger partial charge in [-0.1, -0.05) is 18.7 Å². The molecule has 1 aromatic rings. The summed E-state index contributed by atoms with van der Waals surface area (Å²) in [6.45, 7) is 4.02. The van der Waals surface area contributed by atoms with Crippen molar-refractivity contribution in [3.63, 3.8) is 0 Å². The van der Waals surface area contributed by atoms with Gasteiger partial charge in [0.15, 0.2) is 0 Å². The summed E-state index contributed by atoms with van der Waals surface area (Å²) < 4.78 is 0. The van der Waals surface area contributed by atoms with Crippen LogP contribution in [-0.2, 0) is 4.79 Å². The van der Waals surface area contributed by atoms with Crippen molar-refractivity contribution in [2.75, 3.05) is 11.5 Å². The van der Waals surface area contributed by atoms with Crippen LogP contribution in [0.2, 0.25) is 0 Å². The zero-order valence-electron chi connectivity index (χ0n) is 9.56. The summed E-state index contributed by atoms with van der Waals surface area (Å²) in [4.78, 5) is 15.6. The minimum Gasteiger partial charge on any atom is -0.397 e. The van der Waals surface area contributed by atoms with Crippen LogP contribution in [0, 0.1) is 0 Å². The fourth-order valence-corrected chi connectivity index (χ4v) is 1.80. The first-order valence-electron chi connectivity index (χ1n) is 5.26. The van der Waals surface area contributed by atoms with Crippen LogP contribution in [0.1, 0.15) is 20.3 Å². The summed E-state index contributed by atoms with van der Waals surface area (Å²) in [6, 6.07) is 3.77. The highest BCUT2D eigenvalue weighted by Crippen LogP contribution is 2.20. The van der Waals surface area contributed by atoms with E-state index in [1.54, 1.807) is 18.3 Å². The van der Waals surface area contributed by atoms with Crippen LogP contribution in [-0.4, -0.2) is 22.7 Å². The Labute approximate surface area is 100 Å². The molecule has 0 aliphatic heterocycles. The topological polar surface area (TPSA) is 68.0 Å². The van der Waals surface area contributed by atoms with Crippen LogP contribution in [0.25, 0.3) is 0 Å². The Hall–Kier alpha value is -1.23. The van der Waals surface area contributed by atoms with Gasteiger partial charge in [-0.25, -0.2) is 4.98 Å². The smallest absolute Gasteiger partial charge is 0.230 e. The molecule has 0 aromatic carbocycles. The molecule has 0 aliphatic rings. The molecule has 0 bridgehead atoms. The molecule has 1 amide bonds. The van der Waals surface area contributed by atoms with E-state index in [9.17, 15) is 4.79 Å². The number of hydrogen-bond acceptors (Lipinski definition) is 4. The van der Waals surface area contributed by atoms with Crippen molar-refractivity contribution < 1.29 is 4.79 Å². The van der Waals surface area contributed by atoms with Gasteiger partial charge in [-0.15, -0.1) is 0 Å². The van der Waals surface area contributed by atoms with E-state index in [0.717, 1.165) is 6.42 Å². The fraction of sp³-hybridized carbons (Fsp3) is 0.455. The van der Waals surface area contributed by atoms with Gasteiger partial charge in [0.05, 0.1) is 11.4 Å². The van der Waals surface area contributed by atoms with Crippen LogP contribution >= 0.6 is 11.8 Å². The number of pyridine rings is 1. The third-order valence-electron chi connectivity index (χ3n) is 2.16. The second-order valence-electron chi connectivity index (χ2n) is 3.56. The molecule has 0 radical (unpaired) electrons. The van der Waals surface area contributed by atoms with E-state index < -0.39 is 0 Å². The van der Waals surface area contributed by atoms with E-state index in [-0.39, 0.29) is 11.9 Å². The second-order valence-corrected chi connectivity index (χ2v) is 4.53. The molecule has 1 aromatic heterocycles. The molecule has 1 rings (SSSR count). The number of thioether (sulfide) groups is 1. The van der Waals surface area contributed by atoms with E-state index in [4.69, 9.17) is 5.73 Å². The average Bonchev–Trinajstić information content (AvgIpc) is 2.28. The molecule has 0 saturated heterocycles. The van der Waals surface area contributed by atoms with Gasteiger partial charge in [0.25, 0.3) is 0 Å². The number of aromatic nitrogens is 1. The normalized spacial score (nSPS) is 12.1. The SMILES string of the molecule is CCC(C)NC(=O)CSc1ncccc1N. The van der Waals surface area contributed by atoms with E-state index in [1.807, 2.05) is 13.8 Å². The predicted octanol–water partition coefficient (Wildman–Crippen LogP) is 1.67. The van der Waals surface area contributed by atoms with Crippen LogP contribution in [0.4, 0.5) is 5.69 Å². The van der Waals surface area contributed by atoms with Crippen LogP contribution in [0.5, 0.6) is 0 Å². The molecule has 1 heterocycles. The maximum Gasteiger partial charge on any atom is 0.230 e.